The van der Waals surface area contributed by atoms with Crippen LogP contribution in [-0.2, 0) is 16.6 Å². The summed E-state index contributed by atoms with van der Waals surface area (Å²) >= 11 is 0. The van der Waals surface area contributed by atoms with Crippen LogP contribution in [0.15, 0.2) is 59.5 Å². The van der Waals surface area contributed by atoms with E-state index in [1.165, 1.54) is 16.8 Å². The van der Waals surface area contributed by atoms with Gasteiger partial charge in [-0.15, -0.1) is 0 Å². The normalized spacial score (nSPS) is 11.5. The van der Waals surface area contributed by atoms with Crippen molar-refractivity contribution in [2.24, 2.45) is 0 Å². The van der Waals surface area contributed by atoms with E-state index in [-0.39, 0.29) is 28.9 Å². The van der Waals surface area contributed by atoms with Gasteiger partial charge in [-0.2, -0.15) is 0 Å². The fourth-order valence-electron chi connectivity index (χ4n) is 3.93. The summed E-state index contributed by atoms with van der Waals surface area (Å²) in [5.41, 5.74) is -0.213. The van der Waals surface area contributed by atoms with E-state index in [0.29, 0.717) is 23.3 Å². The van der Waals surface area contributed by atoms with Gasteiger partial charge in [-0.05, 0) is 55.5 Å². The molecule has 2 aromatic heterocycles. The maximum atomic E-state index is 14.6. The Bertz CT molecular complexity index is 1610. The second-order valence-electron chi connectivity index (χ2n) is 7.77. The molecule has 2 heterocycles. The molecule has 0 saturated heterocycles. The Labute approximate surface area is 199 Å². The molecule has 0 unspecified atom stereocenters. The first-order chi connectivity index (χ1) is 16.6. The van der Waals surface area contributed by atoms with Gasteiger partial charge in [-0.25, -0.2) is 21.9 Å². The summed E-state index contributed by atoms with van der Waals surface area (Å²) in [4.78, 5) is 28.6. The van der Waals surface area contributed by atoms with Crippen LogP contribution >= 0.6 is 0 Å². The number of H-pyrrole nitrogens is 1. The highest BCUT2D eigenvalue weighted by Crippen LogP contribution is 2.36. The molecule has 0 aliphatic carbocycles. The highest BCUT2D eigenvalue weighted by molar-refractivity contribution is 7.89. The number of hydrogen-bond acceptors (Lipinski definition) is 5. The van der Waals surface area contributed by atoms with Crippen molar-refractivity contribution in [1.29, 1.82) is 0 Å². The second kappa shape index (κ2) is 9.34. The van der Waals surface area contributed by atoms with Gasteiger partial charge in [0.15, 0.2) is 0 Å². The van der Waals surface area contributed by atoms with Crippen LogP contribution in [0.1, 0.15) is 23.0 Å². The van der Waals surface area contributed by atoms with Crippen LogP contribution in [-0.4, -0.2) is 36.7 Å². The number of halogens is 2. The minimum atomic E-state index is -4.00. The number of nitrogens with zero attached hydrogens (tertiary/aromatic N) is 1. The molecule has 0 aliphatic heterocycles. The molecule has 1 amide bonds. The maximum absolute atomic E-state index is 14.6. The average molecular weight is 502 g/mol. The number of pyridine rings is 1. The van der Waals surface area contributed by atoms with E-state index in [9.17, 15) is 26.8 Å². The third-order valence-corrected chi connectivity index (χ3v) is 5.82. The number of fused-ring (bicyclic) bond motifs is 1. The number of amides is 1. The zero-order chi connectivity index (χ0) is 25.3. The lowest BCUT2D eigenvalue weighted by molar-refractivity contribution is 0.0974. The van der Waals surface area contributed by atoms with Crippen molar-refractivity contribution in [3.63, 3.8) is 0 Å². The van der Waals surface area contributed by atoms with Gasteiger partial charge >= 0.3 is 0 Å². The molecule has 0 bridgehead atoms. The molecule has 2 aromatic carbocycles. The standard InChI is InChI=1S/C24H21F2N3O5S/c1-3-34-16-7-9-20-18(12-16)21(17-5-4-10-27-23(17)30)22(24(31)28-35(2,32)33)29(20)13-14-11-15(25)6-8-19(14)26/h4-12H,3,13H2,1-2H3,(H,27,30)(H,28,31). The van der Waals surface area contributed by atoms with Crippen LogP contribution in [0.25, 0.3) is 22.0 Å². The monoisotopic (exact) mass is 501 g/mol. The first kappa shape index (κ1) is 24.1. The predicted octanol–water partition coefficient (Wildman–Crippen LogP) is 3.41. The molecular weight excluding hydrogens is 480 g/mol. The molecule has 0 aliphatic rings. The van der Waals surface area contributed by atoms with Crippen LogP contribution in [0.5, 0.6) is 5.75 Å². The Kier molecular flexibility index (Phi) is 6.44. The van der Waals surface area contributed by atoms with Crippen molar-refractivity contribution in [3.05, 3.63) is 88.0 Å². The third kappa shape index (κ3) is 4.94. The molecule has 0 spiro atoms. The van der Waals surface area contributed by atoms with Crippen molar-refractivity contribution in [3.8, 4) is 16.9 Å². The Hall–Kier alpha value is -3.99. The van der Waals surface area contributed by atoms with Crippen LogP contribution in [0, 0.1) is 11.6 Å². The number of aromatic nitrogens is 2. The number of benzene rings is 2. The topological polar surface area (TPSA) is 110 Å². The molecule has 182 valence electrons. The van der Waals surface area contributed by atoms with E-state index in [2.05, 4.69) is 4.98 Å². The average Bonchev–Trinajstić information content (AvgIpc) is 3.09. The SMILES string of the molecule is CCOc1ccc2c(c1)c(-c1ccc[nH]c1=O)c(C(=O)NS(C)(=O)=O)n2Cc1cc(F)ccc1F. The van der Waals surface area contributed by atoms with Gasteiger partial charge in [0, 0.05) is 33.8 Å². The highest BCUT2D eigenvalue weighted by Gasteiger charge is 2.28. The van der Waals surface area contributed by atoms with Crippen molar-refractivity contribution in [2.75, 3.05) is 12.9 Å². The molecule has 4 rings (SSSR count). The van der Waals surface area contributed by atoms with Crippen LogP contribution in [0.2, 0.25) is 0 Å². The molecule has 11 heteroatoms. The van der Waals surface area contributed by atoms with Crippen molar-refractivity contribution in [1.82, 2.24) is 14.3 Å². The van der Waals surface area contributed by atoms with E-state index in [4.69, 9.17) is 4.74 Å². The predicted molar refractivity (Wildman–Crippen MR) is 127 cm³/mol. The van der Waals surface area contributed by atoms with E-state index >= 15 is 0 Å². The lowest BCUT2D eigenvalue weighted by atomic mass is 10.0. The third-order valence-electron chi connectivity index (χ3n) is 5.26. The summed E-state index contributed by atoms with van der Waals surface area (Å²) in [5, 5.41) is 0.392. The van der Waals surface area contributed by atoms with E-state index in [1.54, 1.807) is 31.2 Å². The lowest BCUT2D eigenvalue weighted by Crippen LogP contribution is -2.32. The Morgan fingerprint density at radius 1 is 1.14 bits per heavy atom. The first-order valence-electron chi connectivity index (χ1n) is 10.5. The summed E-state index contributed by atoms with van der Waals surface area (Å²) in [6, 6.07) is 10.8. The number of nitrogens with one attached hydrogen (secondary N) is 2. The minimum Gasteiger partial charge on any atom is -0.494 e. The molecule has 0 atom stereocenters. The second-order valence-corrected chi connectivity index (χ2v) is 9.52. The van der Waals surface area contributed by atoms with Crippen LogP contribution in [0.4, 0.5) is 8.78 Å². The van der Waals surface area contributed by atoms with E-state index in [0.717, 1.165) is 24.5 Å². The zero-order valence-corrected chi connectivity index (χ0v) is 19.6. The van der Waals surface area contributed by atoms with Gasteiger partial charge < -0.3 is 14.3 Å². The molecular formula is C24H21F2N3O5S. The molecule has 2 N–H and O–H groups in total. The highest BCUT2D eigenvalue weighted by atomic mass is 32.2. The van der Waals surface area contributed by atoms with Crippen LogP contribution < -0.4 is 15.0 Å². The Morgan fingerprint density at radius 2 is 1.91 bits per heavy atom. The van der Waals surface area contributed by atoms with Crippen molar-refractivity contribution >= 4 is 26.8 Å². The maximum Gasteiger partial charge on any atom is 0.282 e. The smallest absolute Gasteiger partial charge is 0.282 e. The van der Waals surface area contributed by atoms with Crippen molar-refractivity contribution < 1.29 is 26.7 Å². The lowest BCUT2D eigenvalue weighted by Gasteiger charge is -2.13. The number of carbonyl (C=O) groups excluding carboxylic acids is 1. The number of hydrogen-bond donors (Lipinski definition) is 2. The van der Waals surface area contributed by atoms with Gasteiger partial charge in [0.25, 0.3) is 11.5 Å². The van der Waals surface area contributed by atoms with E-state index < -0.39 is 33.1 Å². The number of aromatic amines is 1. The number of rotatable bonds is 7. The summed E-state index contributed by atoms with van der Waals surface area (Å²) < 4.78 is 61.2. The molecule has 0 radical (unpaired) electrons. The molecule has 35 heavy (non-hydrogen) atoms. The van der Waals surface area contributed by atoms with Crippen LogP contribution in [0.3, 0.4) is 0 Å². The molecule has 0 fully saturated rings. The largest absolute Gasteiger partial charge is 0.494 e. The zero-order valence-electron chi connectivity index (χ0n) is 18.8. The number of carbonyl (C=O) groups is 1. The van der Waals surface area contributed by atoms with Gasteiger partial charge in [0.2, 0.25) is 10.0 Å². The summed E-state index contributed by atoms with van der Waals surface area (Å²) in [6.45, 7) is 1.82. The minimum absolute atomic E-state index is 0.0716. The number of ether oxygens (including phenoxy) is 1. The Balaban J connectivity index is 2.10. The molecule has 0 saturated carbocycles. The molecule has 4 aromatic rings. The summed E-state index contributed by atoms with van der Waals surface area (Å²) in [7, 11) is -4.00. The van der Waals surface area contributed by atoms with Gasteiger partial charge in [0.05, 0.1) is 19.4 Å². The fraction of sp³-hybridized carbons (Fsp3) is 0.167. The van der Waals surface area contributed by atoms with E-state index in [1.807, 2.05) is 4.72 Å². The Morgan fingerprint density at radius 3 is 2.60 bits per heavy atom. The van der Waals surface area contributed by atoms with Gasteiger partial charge in [-0.1, -0.05) is 0 Å². The van der Waals surface area contributed by atoms with Gasteiger partial charge in [0.1, 0.15) is 23.1 Å². The quantitative estimate of drug-likeness (QED) is 0.403. The first-order valence-corrected chi connectivity index (χ1v) is 12.4. The van der Waals surface area contributed by atoms with Gasteiger partial charge in [-0.3, -0.25) is 9.59 Å². The summed E-state index contributed by atoms with van der Waals surface area (Å²) in [5.74, 6) is -1.99. The fourth-order valence-corrected chi connectivity index (χ4v) is 4.37. The number of sulfonamides is 1. The molecule has 8 nitrogen and oxygen atoms in total. The summed E-state index contributed by atoms with van der Waals surface area (Å²) in [6.07, 6.45) is 2.22. The van der Waals surface area contributed by atoms with Crippen molar-refractivity contribution in [2.45, 2.75) is 13.5 Å².